The van der Waals surface area contributed by atoms with E-state index >= 15 is 0 Å². The van der Waals surface area contributed by atoms with E-state index in [0.717, 1.165) is 58.6 Å². The quantitative estimate of drug-likeness (QED) is 0.362. The molecule has 0 amide bonds. The molecule has 0 aliphatic rings. The van der Waals surface area contributed by atoms with Gasteiger partial charge in [-0.05, 0) is 52.9 Å². The van der Waals surface area contributed by atoms with E-state index in [-0.39, 0.29) is 5.69 Å². The first-order valence-electron chi connectivity index (χ1n) is 11.8. The van der Waals surface area contributed by atoms with Crippen molar-refractivity contribution in [3.8, 4) is 28.2 Å². The average Bonchev–Trinajstić information content (AvgIpc) is 3.52. The largest absolute Gasteiger partial charge is 0.351 e. The minimum absolute atomic E-state index is 0.117. The molecule has 0 radical (unpaired) electrons. The van der Waals surface area contributed by atoms with Crippen LogP contribution >= 0.6 is 0 Å². The number of aromatic amines is 1. The maximum Gasteiger partial charge on any atom is 0.351 e. The molecular formula is C27H27N7O. The summed E-state index contributed by atoms with van der Waals surface area (Å²) in [5.41, 5.74) is 5.78. The van der Waals surface area contributed by atoms with Gasteiger partial charge in [-0.3, -0.25) is 4.57 Å². The molecule has 0 saturated carbocycles. The molecule has 8 nitrogen and oxygen atoms in total. The third-order valence-corrected chi connectivity index (χ3v) is 6.06. The third-order valence-electron chi connectivity index (χ3n) is 6.06. The summed E-state index contributed by atoms with van der Waals surface area (Å²) < 4.78 is 3.31. The first-order valence-corrected chi connectivity index (χ1v) is 11.8. The van der Waals surface area contributed by atoms with Crippen molar-refractivity contribution in [1.29, 1.82) is 0 Å². The van der Waals surface area contributed by atoms with Gasteiger partial charge in [-0.25, -0.2) is 4.79 Å². The van der Waals surface area contributed by atoms with Crippen molar-refractivity contribution in [1.82, 2.24) is 35.0 Å². The number of aromatic nitrogens is 7. The zero-order chi connectivity index (χ0) is 24.2. The molecule has 0 aliphatic carbocycles. The zero-order valence-corrected chi connectivity index (χ0v) is 19.8. The lowest BCUT2D eigenvalue weighted by atomic mass is 9.98. The summed E-state index contributed by atoms with van der Waals surface area (Å²) >= 11 is 0. The number of hydrogen-bond donors (Lipinski definition) is 1. The maximum atomic E-state index is 13.4. The molecule has 0 spiro atoms. The van der Waals surface area contributed by atoms with E-state index in [1.807, 2.05) is 55.5 Å². The number of nitrogens with zero attached hydrogens (tertiary/aromatic N) is 6. The number of unbranched alkanes of at least 4 members (excludes halogenated alkanes) is 1. The molecule has 0 atom stereocenters. The normalized spacial score (nSPS) is 11.1. The highest BCUT2D eigenvalue weighted by Crippen LogP contribution is 2.29. The molecule has 0 saturated heterocycles. The van der Waals surface area contributed by atoms with Crippen molar-refractivity contribution in [2.75, 3.05) is 0 Å². The Balaban J connectivity index is 1.47. The van der Waals surface area contributed by atoms with Crippen LogP contribution in [0.3, 0.4) is 0 Å². The second-order valence-corrected chi connectivity index (χ2v) is 8.62. The SMILES string of the molecule is CCCCc1nn(-c2cccc(C)c2)c(=O)n1Cc1ccc(-c2ccccc2-c2nn[nH]n2)cc1. The van der Waals surface area contributed by atoms with Crippen LogP contribution in [0.5, 0.6) is 0 Å². The lowest BCUT2D eigenvalue weighted by molar-refractivity contribution is 0.666. The predicted molar refractivity (Wildman–Crippen MR) is 135 cm³/mol. The first-order chi connectivity index (χ1) is 17.1. The average molecular weight is 466 g/mol. The third kappa shape index (κ3) is 4.68. The van der Waals surface area contributed by atoms with Crippen LogP contribution in [-0.4, -0.2) is 35.0 Å². The summed E-state index contributed by atoms with van der Waals surface area (Å²) in [5.74, 6) is 1.37. The Hall–Kier alpha value is -4.33. The van der Waals surface area contributed by atoms with Gasteiger partial charge in [0.1, 0.15) is 5.82 Å². The second-order valence-electron chi connectivity index (χ2n) is 8.62. The fourth-order valence-electron chi connectivity index (χ4n) is 4.22. The highest BCUT2D eigenvalue weighted by Gasteiger charge is 2.16. The van der Waals surface area contributed by atoms with Gasteiger partial charge in [0.25, 0.3) is 0 Å². The van der Waals surface area contributed by atoms with Gasteiger partial charge >= 0.3 is 5.69 Å². The Labute approximate surface area is 203 Å². The van der Waals surface area contributed by atoms with Crippen molar-refractivity contribution < 1.29 is 0 Å². The number of tetrazole rings is 1. The fourth-order valence-corrected chi connectivity index (χ4v) is 4.22. The van der Waals surface area contributed by atoms with Crippen LogP contribution in [0.2, 0.25) is 0 Å². The monoisotopic (exact) mass is 465 g/mol. The first kappa shape index (κ1) is 22.5. The molecular weight excluding hydrogens is 438 g/mol. The molecule has 2 heterocycles. The number of benzene rings is 3. The molecule has 3 aromatic carbocycles. The molecule has 5 aromatic rings. The van der Waals surface area contributed by atoms with Crippen LogP contribution in [0.4, 0.5) is 0 Å². The van der Waals surface area contributed by atoms with Gasteiger partial charge in [-0.15, -0.1) is 15.3 Å². The van der Waals surface area contributed by atoms with Crippen LogP contribution in [0.15, 0.2) is 77.6 Å². The molecule has 35 heavy (non-hydrogen) atoms. The number of rotatable bonds is 8. The molecule has 1 N–H and O–H groups in total. The maximum absolute atomic E-state index is 13.4. The number of aryl methyl sites for hydroxylation is 2. The van der Waals surface area contributed by atoms with E-state index in [0.29, 0.717) is 12.4 Å². The Morgan fingerprint density at radius 3 is 2.46 bits per heavy atom. The second kappa shape index (κ2) is 9.89. The van der Waals surface area contributed by atoms with Crippen LogP contribution < -0.4 is 5.69 Å². The number of H-pyrrole nitrogens is 1. The van der Waals surface area contributed by atoms with Crippen molar-refractivity contribution >= 4 is 0 Å². The van der Waals surface area contributed by atoms with E-state index in [2.05, 4.69) is 51.8 Å². The van der Waals surface area contributed by atoms with Gasteiger partial charge in [0, 0.05) is 12.0 Å². The summed E-state index contributed by atoms with van der Waals surface area (Å²) in [6.45, 7) is 4.63. The van der Waals surface area contributed by atoms with Crippen LogP contribution in [0.25, 0.3) is 28.2 Å². The van der Waals surface area contributed by atoms with E-state index in [4.69, 9.17) is 5.10 Å². The molecule has 0 fully saturated rings. The van der Waals surface area contributed by atoms with Crippen molar-refractivity contribution in [3.63, 3.8) is 0 Å². The minimum atomic E-state index is -0.117. The lowest BCUT2D eigenvalue weighted by Gasteiger charge is -2.09. The summed E-state index contributed by atoms with van der Waals surface area (Å²) in [4.78, 5) is 13.4. The van der Waals surface area contributed by atoms with E-state index in [1.54, 1.807) is 4.57 Å². The van der Waals surface area contributed by atoms with Gasteiger partial charge in [-0.2, -0.15) is 9.90 Å². The van der Waals surface area contributed by atoms with Gasteiger partial charge in [0.15, 0.2) is 0 Å². The lowest BCUT2D eigenvalue weighted by Crippen LogP contribution is -2.25. The van der Waals surface area contributed by atoms with Crippen LogP contribution in [0, 0.1) is 6.92 Å². The van der Waals surface area contributed by atoms with E-state index < -0.39 is 0 Å². The number of nitrogens with one attached hydrogen (secondary N) is 1. The predicted octanol–water partition coefficient (Wildman–Crippen LogP) is 4.58. The Morgan fingerprint density at radius 1 is 0.943 bits per heavy atom. The molecule has 2 aromatic heterocycles. The molecule has 0 unspecified atom stereocenters. The fraction of sp³-hybridized carbons (Fsp3) is 0.222. The summed E-state index contributed by atoms with van der Waals surface area (Å²) in [7, 11) is 0. The van der Waals surface area contributed by atoms with Crippen molar-refractivity contribution in [3.05, 3.63) is 100 Å². The van der Waals surface area contributed by atoms with Gasteiger partial charge in [0.05, 0.1) is 12.2 Å². The molecule has 0 bridgehead atoms. The molecule has 176 valence electrons. The Kier molecular flexibility index (Phi) is 6.34. The van der Waals surface area contributed by atoms with E-state index in [9.17, 15) is 4.79 Å². The standard InChI is InChI=1S/C27H27N7O/c1-3-4-12-25-30-34(22-9-7-8-19(2)17-22)27(35)33(25)18-20-13-15-21(16-14-20)23-10-5-6-11-24(23)26-28-31-32-29-26/h5-11,13-17H,3-4,12,18H2,1-2H3,(H,28,29,31,32). The van der Waals surface area contributed by atoms with Gasteiger partial charge in [-0.1, -0.05) is 74.0 Å². The number of hydrogen-bond acceptors (Lipinski definition) is 5. The van der Waals surface area contributed by atoms with E-state index in [1.165, 1.54) is 4.68 Å². The van der Waals surface area contributed by atoms with Crippen LogP contribution in [0.1, 0.15) is 36.7 Å². The van der Waals surface area contributed by atoms with Crippen molar-refractivity contribution in [2.24, 2.45) is 0 Å². The summed E-state index contributed by atoms with van der Waals surface area (Å²) in [6, 6.07) is 24.1. The molecule has 8 heteroatoms. The smallest absolute Gasteiger partial charge is 0.274 e. The topological polar surface area (TPSA) is 94.3 Å². The van der Waals surface area contributed by atoms with Gasteiger partial charge in [0.2, 0.25) is 5.82 Å². The minimum Gasteiger partial charge on any atom is -0.274 e. The van der Waals surface area contributed by atoms with Crippen LogP contribution in [-0.2, 0) is 13.0 Å². The van der Waals surface area contributed by atoms with Gasteiger partial charge < -0.3 is 0 Å². The van der Waals surface area contributed by atoms with Crippen molar-refractivity contribution in [2.45, 2.75) is 39.7 Å². The highest BCUT2D eigenvalue weighted by molar-refractivity contribution is 5.80. The molecule has 0 aliphatic heterocycles. The summed E-state index contributed by atoms with van der Waals surface area (Å²) in [6.07, 6.45) is 2.79. The zero-order valence-electron chi connectivity index (χ0n) is 19.8. The summed E-state index contributed by atoms with van der Waals surface area (Å²) in [5, 5.41) is 19.2. The highest BCUT2D eigenvalue weighted by atomic mass is 16.2. The molecule has 5 rings (SSSR count). The Morgan fingerprint density at radius 2 is 1.74 bits per heavy atom. The Bertz CT molecular complexity index is 1480.